The second-order valence-corrected chi connectivity index (χ2v) is 19.1. The summed E-state index contributed by atoms with van der Waals surface area (Å²) in [6, 6.07) is 56.7. The standard InChI is InChI=1S/C56H47N5S/c1-6-55(4,36-25-27-46-43(30-36)41-18-7-11-20-45(41)59(46)38-32-52-54(58-34-38)53-51(62-52)24-15-29-57-53)60-49-23-14-10-19-42(49)44-31-37(26-28-50(44)60)56(5,33-35(2)3)61-47-21-12-8-16-39(47)40-17-9-13-22-48(40)61/h7-32,34-35H,6,33H2,1-5H3. The number of hydrogen-bond acceptors (Lipinski definition) is 3. The lowest BCUT2D eigenvalue weighted by Gasteiger charge is -2.36. The van der Waals surface area contributed by atoms with E-state index in [-0.39, 0.29) is 11.1 Å². The molecule has 6 heterocycles. The van der Waals surface area contributed by atoms with Crippen LogP contribution in [0.2, 0.25) is 0 Å². The van der Waals surface area contributed by atoms with Crippen LogP contribution in [0.15, 0.2) is 164 Å². The lowest BCUT2D eigenvalue weighted by molar-refractivity contribution is 0.331. The Morgan fingerprint density at radius 2 is 0.984 bits per heavy atom. The Hall–Kier alpha value is -6.76. The van der Waals surface area contributed by atoms with Crippen LogP contribution in [0.5, 0.6) is 0 Å². The number of aromatic nitrogens is 5. The largest absolute Gasteiger partial charge is 0.330 e. The Morgan fingerprint density at radius 3 is 1.61 bits per heavy atom. The fourth-order valence-electron chi connectivity index (χ4n) is 11.1. The van der Waals surface area contributed by atoms with Crippen LogP contribution in [-0.4, -0.2) is 23.7 Å². The molecule has 12 aromatic rings. The summed E-state index contributed by atoms with van der Waals surface area (Å²) in [6.07, 6.45) is 5.79. The van der Waals surface area contributed by atoms with E-state index in [1.807, 2.05) is 18.5 Å². The molecule has 2 atom stereocenters. The molecule has 0 bridgehead atoms. The van der Waals surface area contributed by atoms with Crippen molar-refractivity contribution in [2.45, 2.75) is 58.5 Å². The third-order valence-corrected chi connectivity index (χ3v) is 15.0. The molecule has 0 amide bonds. The number of hydrogen-bond donors (Lipinski definition) is 0. The van der Waals surface area contributed by atoms with Crippen molar-refractivity contribution in [1.29, 1.82) is 0 Å². The molecule has 0 radical (unpaired) electrons. The molecule has 12 rings (SSSR count). The number of fused-ring (bicyclic) bond motifs is 12. The van der Waals surface area contributed by atoms with Gasteiger partial charge in [-0.25, -0.2) is 0 Å². The molecule has 0 saturated carbocycles. The van der Waals surface area contributed by atoms with Crippen molar-refractivity contribution >= 4 is 97.2 Å². The zero-order valence-electron chi connectivity index (χ0n) is 35.7. The van der Waals surface area contributed by atoms with Crippen LogP contribution in [-0.2, 0) is 11.1 Å². The minimum Gasteiger partial charge on any atom is -0.330 e. The summed E-state index contributed by atoms with van der Waals surface area (Å²) in [5.74, 6) is 0.480. The van der Waals surface area contributed by atoms with Crippen LogP contribution in [0.4, 0.5) is 0 Å². The highest BCUT2D eigenvalue weighted by Gasteiger charge is 2.35. The highest BCUT2D eigenvalue weighted by atomic mass is 32.1. The Bertz CT molecular complexity index is 3690. The zero-order chi connectivity index (χ0) is 41.9. The smallest absolute Gasteiger partial charge is 0.107 e. The van der Waals surface area contributed by atoms with Gasteiger partial charge in [0.05, 0.1) is 43.4 Å². The Balaban J connectivity index is 1.05. The molecule has 0 aliphatic rings. The van der Waals surface area contributed by atoms with Crippen LogP contribution in [0.3, 0.4) is 0 Å². The summed E-state index contributed by atoms with van der Waals surface area (Å²) >= 11 is 1.75. The highest BCUT2D eigenvalue weighted by molar-refractivity contribution is 7.25. The summed E-state index contributed by atoms with van der Waals surface area (Å²) in [5, 5.41) is 7.68. The molecule has 2 unspecified atom stereocenters. The van der Waals surface area contributed by atoms with Gasteiger partial charge in [0.15, 0.2) is 0 Å². The molecule has 302 valence electrons. The zero-order valence-corrected chi connectivity index (χ0v) is 36.5. The maximum atomic E-state index is 5.00. The normalized spacial score (nSPS) is 14.4. The van der Waals surface area contributed by atoms with Crippen LogP contribution in [0, 0.1) is 5.92 Å². The van der Waals surface area contributed by atoms with E-state index in [1.165, 1.54) is 76.5 Å². The predicted molar refractivity (Wildman–Crippen MR) is 263 cm³/mol. The van der Waals surface area contributed by atoms with Crippen molar-refractivity contribution in [1.82, 2.24) is 23.7 Å². The van der Waals surface area contributed by atoms with E-state index in [0.717, 1.165) is 39.0 Å². The number of nitrogens with zero attached hydrogens (tertiary/aromatic N) is 5. The molecule has 0 aliphatic carbocycles. The molecule has 0 N–H and O–H groups in total. The van der Waals surface area contributed by atoms with Gasteiger partial charge in [-0.1, -0.05) is 106 Å². The second kappa shape index (κ2) is 13.6. The third-order valence-electron chi connectivity index (χ3n) is 14.0. The summed E-state index contributed by atoms with van der Waals surface area (Å²) in [6.45, 7) is 11.9. The van der Waals surface area contributed by atoms with Crippen molar-refractivity contribution in [2.24, 2.45) is 5.92 Å². The van der Waals surface area contributed by atoms with E-state index in [0.29, 0.717) is 5.92 Å². The molecule has 0 aliphatic heterocycles. The first-order valence-electron chi connectivity index (χ1n) is 22.0. The maximum absolute atomic E-state index is 5.00. The maximum Gasteiger partial charge on any atom is 0.107 e. The van der Waals surface area contributed by atoms with E-state index in [4.69, 9.17) is 4.98 Å². The molecule has 0 fully saturated rings. The average Bonchev–Trinajstić information content (AvgIpc) is 4.04. The molecular weight excluding hydrogens is 775 g/mol. The van der Waals surface area contributed by atoms with Crippen molar-refractivity contribution in [3.8, 4) is 5.69 Å². The monoisotopic (exact) mass is 821 g/mol. The summed E-state index contributed by atoms with van der Waals surface area (Å²) in [7, 11) is 0. The molecule has 0 spiro atoms. The molecule has 6 heteroatoms. The average molecular weight is 822 g/mol. The van der Waals surface area contributed by atoms with Crippen molar-refractivity contribution in [3.63, 3.8) is 0 Å². The van der Waals surface area contributed by atoms with Gasteiger partial charge in [0.1, 0.15) is 11.0 Å². The van der Waals surface area contributed by atoms with Crippen LogP contribution >= 0.6 is 11.3 Å². The molecule has 0 saturated heterocycles. The van der Waals surface area contributed by atoms with Gasteiger partial charge < -0.3 is 13.7 Å². The molecule has 62 heavy (non-hydrogen) atoms. The van der Waals surface area contributed by atoms with Gasteiger partial charge in [-0.15, -0.1) is 11.3 Å². The minimum atomic E-state index is -0.348. The lowest BCUT2D eigenvalue weighted by Crippen LogP contribution is -2.33. The number of para-hydroxylation sites is 4. The van der Waals surface area contributed by atoms with E-state index >= 15 is 0 Å². The third kappa shape index (κ3) is 5.19. The topological polar surface area (TPSA) is 40.6 Å². The summed E-state index contributed by atoms with van der Waals surface area (Å²) < 4.78 is 9.96. The number of benzene rings is 6. The molecular formula is C56H47N5S. The van der Waals surface area contributed by atoms with Gasteiger partial charge in [0.25, 0.3) is 0 Å². The summed E-state index contributed by atoms with van der Waals surface area (Å²) in [4.78, 5) is 9.65. The first kappa shape index (κ1) is 37.0. The second-order valence-electron chi connectivity index (χ2n) is 18.0. The predicted octanol–water partition coefficient (Wildman–Crippen LogP) is 15.1. The minimum absolute atomic E-state index is 0.296. The fourth-order valence-corrected chi connectivity index (χ4v) is 12.1. The van der Waals surface area contributed by atoms with E-state index in [1.54, 1.807) is 11.3 Å². The SMILES string of the molecule is CCC(C)(c1ccc2c(c1)c1ccccc1n2-c1cnc2c(c1)sc1cccnc12)n1c2ccccc2c2cc(C(C)(CC(C)C)n3c4ccccc4c4ccccc43)ccc21. The Morgan fingerprint density at radius 1 is 0.500 bits per heavy atom. The van der Waals surface area contributed by atoms with Gasteiger partial charge in [-0.05, 0) is 110 Å². The number of pyridine rings is 2. The summed E-state index contributed by atoms with van der Waals surface area (Å²) in [5.41, 5.74) is 12.4. The Labute approximate surface area is 364 Å². The van der Waals surface area contributed by atoms with Gasteiger partial charge in [-0.3, -0.25) is 9.97 Å². The van der Waals surface area contributed by atoms with E-state index in [2.05, 4.69) is 199 Å². The first-order chi connectivity index (χ1) is 30.3. The first-order valence-corrected chi connectivity index (χ1v) is 22.8. The van der Waals surface area contributed by atoms with Crippen molar-refractivity contribution in [2.75, 3.05) is 0 Å². The molecule has 6 aromatic carbocycles. The van der Waals surface area contributed by atoms with Gasteiger partial charge >= 0.3 is 0 Å². The van der Waals surface area contributed by atoms with Gasteiger partial charge in [-0.2, -0.15) is 0 Å². The van der Waals surface area contributed by atoms with Crippen LogP contribution in [0.1, 0.15) is 58.6 Å². The van der Waals surface area contributed by atoms with Crippen molar-refractivity contribution < 1.29 is 0 Å². The Kier molecular flexibility index (Phi) is 8.14. The van der Waals surface area contributed by atoms with Crippen LogP contribution in [0.25, 0.3) is 91.5 Å². The van der Waals surface area contributed by atoms with Crippen LogP contribution < -0.4 is 0 Å². The number of thiophene rings is 1. The lowest BCUT2D eigenvalue weighted by atomic mass is 9.82. The van der Waals surface area contributed by atoms with Gasteiger partial charge in [0.2, 0.25) is 0 Å². The molecule has 5 nitrogen and oxygen atoms in total. The van der Waals surface area contributed by atoms with E-state index in [9.17, 15) is 0 Å². The fraction of sp³-hybridized carbons (Fsp3) is 0.179. The number of rotatable bonds is 8. The van der Waals surface area contributed by atoms with Crippen molar-refractivity contribution in [3.05, 3.63) is 175 Å². The highest BCUT2D eigenvalue weighted by Crippen LogP contribution is 2.46. The van der Waals surface area contributed by atoms with E-state index < -0.39 is 0 Å². The quantitative estimate of drug-likeness (QED) is 0.153. The van der Waals surface area contributed by atoms with Gasteiger partial charge in [0, 0.05) is 60.6 Å². The molecule has 6 aromatic heterocycles.